The number of phenols is 1. The molecule has 13 heavy (non-hydrogen) atoms. The van der Waals surface area contributed by atoms with Gasteiger partial charge in [-0.25, -0.2) is 0 Å². The van der Waals surface area contributed by atoms with E-state index in [2.05, 4.69) is 5.32 Å². The molecule has 0 spiro atoms. The molecule has 68 valence electrons. The number of phenolic OH excluding ortho intramolecular Hbond substituents is 1. The summed E-state index contributed by atoms with van der Waals surface area (Å²) in [5, 5.41) is 12.3. The molecular formula is C9H9NO2S. The maximum absolute atomic E-state index is 11.3. The molecule has 1 aliphatic heterocycles. The molecule has 0 saturated heterocycles. The summed E-state index contributed by atoms with van der Waals surface area (Å²) >= 11 is 1.17. The van der Waals surface area contributed by atoms with Gasteiger partial charge in [0.05, 0.1) is 6.04 Å². The van der Waals surface area contributed by atoms with Gasteiger partial charge in [-0.1, -0.05) is 0 Å². The van der Waals surface area contributed by atoms with Gasteiger partial charge in [0.2, 0.25) is 5.12 Å². The standard InChI is InChI=1S/C9H9NO2S/c1-5-9(12)13-8-4-6(11)2-3-7(8)10-5/h2-5,10-11H,1H3. The first-order valence-corrected chi connectivity index (χ1v) is 4.80. The van der Waals surface area contributed by atoms with E-state index in [0.717, 1.165) is 10.6 Å². The van der Waals surface area contributed by atoms with Crippen LogP contribution in [0.3, 0.4) is 0 Å². The summed E-state index contributed by atoms with van der Waals surface area (Å²) in [6.07, 6.45) is 0. The number of hydrogen-bond acceptors (Lipinski definition) is 4. The number of anilines is 1. The zero-order valence-corrected chi connectivity index (χ0v) is 7.89. The van der Waals surface area contributed by atoms with E-state index in [1.807, 2.05) is 6.92 Å². The number of hydrogen-bond donors (Lipinski definition) is 2. The van der Waals surface area contributed by atoms with Crippen LogP contribution in [0.4, 0.5) is 5.69 Å². The quantitative estimate of drug-likeness (QED) is 0.620. The van der Waals surface area contributed by atoms with Gasteiger partial charge in [0.1, 0.15) is 5.75 Å². The van der Waals surface area contributed by atoms with Crippen LogP contribution in [-0.2, 0) is 4.79 Å². The number of aromatic hydroxyl groups is 1. The fourth-order valence-corrected chi connectivity index (χ4v) is 2.07. The number of nitrogens with one attached hydrogen (secondary N) is 1. The maximum atomic E-state index is 11.3. The molecule has 3 nitrogen and oxygen atoms in total. The Morgan fingerprint density at radius 1 is 1.54 bits per heavy atom. The summed E-state index contributed by atoms with van der Waals surface area (Å²) in [6.45, 7) is 1.82. The van der Waals surface area contributed by atoms with Crippen LogP contribution in [0.5, 0.6) is 5.75 Å². The summed E-state index contributed by atoms with van der Waals surface area (Å²) in [6, 6.07) is 4.83. The number of carbonyl (C=O) groups excluding carboxylic acids is 1. The highest BCUT2D eigenvalue weighted by Crippen LogP contribution is 2.36. The first kappa shape index (κ1) is 8.44. The van der Waals surface area contributed by atoms with Crippen molar-refractivity contribution in [3.63, 3.8) is 0 Å². The van der Waals surface area contributed by atoms with Crippen LogP contribution in [0.15, 0.2) is 23.1 Å². The third-order valence-corrected chi connectivity index (χ3v) is 3.01. The molecule has 0 saturated carbocycles. The Morgan fingerprint density at radius 3 is 3.08 bits per heavy atom. The molecule has 0 radical (unpaired) electrons. The average molecular weight is 195 g/mol. The molecule has 1 aliphatic rings. The summed E-state index contributed by atoms with van der Waals surface area (Å²) in [7, 11) is 0. The van der Waals surface area contributed by atoms with Gasteiger partial charge < -0.3 is 10.4 Å². The van der Waals surface area contributed by atoms with Gasteiger partial charge in [-0.2, -0.15) is 0 Å². The predicted octanol–water partition coefficient (Wildman–Crippen LogP) is 1.82. The van der Waals surface area contributed by atoms with Crippen molar-refractivity contribution in [2.45, 2.75) is 17.9 Å². The van der Waals surface area contributed by atoms with Crippen LogP contribution in [-0.4, -0.2) is 16.3 Å². The minimum atomic E-state index is -0.151. The molecule has 2 rings (SSSR count). The topological polar surface area (TPSA) is 49.3 Å². The van der Waals surface area contributed by atoms with E-state index in [1.54, 1.807) is 18.2 Å². The molecule has 1 unspecified atom stereocenters. The van der Waals surface area contributed by atoms with Crippen LogP contribution in [0, 0.1) is 0 Å². The minimum absolute atomic E-state index is 0.0816. The van der Waals surface area contributed by atoms with Crippen molar-refractivity contribution in [3.8, 4) is 5.75 Å². The molecule has 0 bridgehead atoms. The predicted molar refractivity (Wildman–Crippen MR) is 52.1 cm³/mol. The van der Waals surface area contributed by atoms with Gasteiger partial charge in [0.25, 0.3) is 0 Å². The van der Waals surface area contributed by atoms with Crippen molar-refractivity contribution in [2.24, 2.45) is 0 Å². The van der Waals surface area contributed by atoms with Crippen molar-refractivity contribution in [2.75, 3.05) is 5.32 Å². The second-order valence-corrected chi connectivity index (χ2v) is 4.01. The number of rotatable bonds is 0. The van der Waals surface area contributed by atoms with E-state index in [0.29, 0.717) is 0 Å². The van der Waals surface area contributed by atoms with Crippen LogP contribution in [0.1, 0.15) is 6.92 Å². The van der Waals surface area contributed by atoms with E-state index in [1.165, 1.54) is 11.8 Å². The van der Waals surface area contributed by atoms with Gasteiger partial charge in [-0.05, 0) is 36.9 Å². The fourth-order valence-electron chi connectivity index (χ4n) is 1.20. The van der Waals surface area contributed by atoms with E-state index in [4.69, 9.17) is 0 Å². The van der Waals surface area contributed by atoms with Crippen molar-refractivity contribution >= 4 is 22.6 Å². The third kappa shape index (κ3) is 1.49. The molecular weight excluding hydrogens is 186 g/mol. The van der Waals surface area contributed by atoms with Crippen molar-refractivity contribution in [3.05, 3.63) is 18.2 Å². The van der Waals surface area contributed by atoms with E-state index in [9.17, 15) is 9.90 Å². The Balaban J connectivity index is 2.42. The zero-order valence-electron chi connectivity index (χ0n) is 7.07. The minimum Gasteiger partial charge on any atom is -0.508 e. The first-order valence-electron chi connectivity index (χ1n) is 3.98. The number of fused-ring (bicyclic) bond motifs is 1. The smallest absolute Gasteiger partial charge is 0.215 e. The highest BCUT2D eigenvalue weighted by atomic mass is 32.2. The normalized spacial score (nSPS) is 20.7. The highest BCUT2D eigenvalue weighted by molar-refractivity contribution is 8.14. The lowest BCUT2D eigenvalue weighted by Gasteiger charge is -2.21. The summed E-state index contributed by atoms with van der Waals surface area (Å²) in [5.41, 5.74) is 0.912. The average Bonchev–Trinajstić information content (AvgIpc) is 2.08. The van der Waals surface area contributed by atoms with E-state index in [-0.39, 0.29) is 16.9 Å². The third-order valence-electron chi connectivity index (χ3n) is 1.90. The number of thioether (sulfide) groups is 1. The maximum Gasteiger partial charge on any atom is 0.215 e. The van der Waals surface area contributed by atoms with E-state index >= 15 is 0 Å². The van der Waals surface area contributed by atoms with Crippen LogP contribution < -0.4 is 5.32 Å². The van der Waals surface area contributed by atoms with Crippen LogP contribution >= 0.6 is 11.8 Å². The van der Waals surface area contributed by atoms with Gasteiger partial charge in [-0.15, -0.1) is 0 Å². The lowest BCUT2D eigenvalue weighted by Crippen LogP contribution is -2.27. The summed E-state index contributed by atoms with van der Waals surface area (Å²) < 4.78 is 0. The summed E-state index contributed by atoms with van der Waals surface area (Å²) in [4.78, 5) is 12.1. The van der Waals surface area contributed by atoms with Crippen molar-refractivity contribution in [1.82, 2.24) is 0 Å². The van der Waals surface area contributed by atoms with Gasteiger partial charge in [0.15, 0.2) is 0 Å². The molecule has 2 N–H and O–H groups in total. The number of benzene rings is 1. The highest BCUT2D eigenvalue weighted by Gasteiger charge is 2.22. The summed E-state index contributed by atoms with van der Waals surface area (Å²) in [5.74, 6) is 0.190. The van der Waals surface area contributed by atoms with Crippen molar-refractivity contribution in [1.29, 1.82) is 0 Å². The molecule has 1 aromatic rings. The fraction of sp³-hybridized carbons (Fsp3) is 0.222. The molecule has 1 atom stereocenters. The van der Waals surface area contributed by atoms with Crippen LogP contribution in [0.2, 0.25) is 0 Å². The zero-order chi connectivity index (χ0) is 9.42. The SMILES string of the molecule is CC1Nc2ccc(O)cc2SC1=O. The second kappa shape index (κ2) is 2.96. The van der Waals surface area contributed by atoms with Crippen molar-refractivity contribution < 1.29 is 9.90 Å². The molecule has 1 aromatic carbocycles. The Morgan fingerprint density at radius 2 is 2.31 bits per heavy atom. The lowest BCUT2D eigenvalue weighted by molar-refractivity contribution is -0.111. The molecule has 0 fully saturated rings. The Labute approximate surface area is 80.1 Å². The second-order valence-electron chi connectivity index (χ2n) is 2.97. The molecule has 0 amide bonds. The monoisotopic (exact) mass is 195 g/mol. The van der Waals surface area contributed by atoms with Gasteiger partial charge >= 0.3 is 0 Å². The van der Waals surface area contributed by atoms with Gasteiger partial charge in [-0.3, -0.25) is 4.79 Å². The molecule has 0 aliphatic carbocycles. The first-order chi connectivity index (χ1) is 6.16. The lowest BCUT2D eigenvalue weighted by atomic mass is 10.2. The van der Waals surface area contributed by atoms with E-state index < -0.39 is 0 Å². The molecule has 4 heteroatoms. The Bertz CT molecular complexity index is 365. The number of carbonyl (C=O) groups is 1. The Hall–Kier alpha value is -1.16. The molecule has 0 aromatic heterocycles. The molecule has 1 heterocycles. The van der Waals surface area contributed by atoms with Gasteiger partial charge in [0, 0.05) is 10.6 Å². The Kier molecular flexibility index (Phi) is 1.92. The van der Waals surface area contributed by atoms with Crippen LogP contribution in [0.25, 0.3) is 0 Å². The largest absolute Gasteiger partial charge is 0.508 e.